The van der Waals surface area contributed by atoms with Crippen LogP contribution in [0.1, 0.15) is 39.5 Å². The van der Waals surface area contributed by atoms with Gasteiger partial charge >= 0.3 is 0 Å². The largest absolute Gasteiger partial charge is 0.371 e. The Kier molecular flexibility index (Phi) is 7.25. The highest BCUT2D eigenvalue weighted by Crippen LogP contribution is 2.22. The molecule has 1 atom stereocenters. The Morgan fingerprint density at radius 1 is 1.16 bits per heavy atom. The van der Waals surface area contributed by atoms with Gasteiger partial charge in [-0.25, -0.2) is 0 Å². The van der Waals surface area contributed by atoms with Gasteiger partial charge in [-0.1, -0.05) is 32.8 Å². The van der Waals surface area contributed by atoms with Crippen molar-refractivity contribution in [3.05, 3.63) is 24.3 Å². The highest BCUT2D eigenvalue weighted by Gasteiger charge is 2.17. The number of rotatable bonds is 6. The van der Waals surface area contributed by atoms with Gasteiger partial charge in [0, 0.05) is 24.5 Å². The molecule has 1 heterocycles. The van der Waals surface area contributed by atoms with Gasteiger partial charge in [0.05, 0.1) is 12.6 Å². The van der Waals surface area contributed by atoms with Crippen molar-refractivity contribution in [3.8, 4) is 0 Å². The van der Waals surface area contributed by atoms with Crippen LogP contribution in [0.25, 0.3) is 0 Å². The number of anilines is 2. The molecule has 1 saturated heterocycles. The third-order valence-electron chi connectivity index (χ3n) is 4.55. The minimum atomic E-state index is -0.598. The average molecular weight is 346 g/mol. The quantitative estimate of drug-likeness (QED) is 0.736. The number of nitrogens with zero attached hydrogens (tertiary/aromatic N) is 1. The predicted octanol–water partition coefficient (Wildman–Crippen LogP) is 2.10. The molecule has 1 fully saturated rings. The molecule has 0 radical (unpaired) electrons. The van der Waals surface area contributed by atoms with E-state index in [4.69, 9.17) is 5.73 Å². The second-order valence-corrected chi connectivity index (χ2v) is 6.99. The van der Waals surface area contributed by atoms with Gasteiger partial charge in [-0.2, -0.15) is 0 Å². The fraction of sp³-hybridized carbons (Fsp3) is 0.579. The van der Waals surface area contributed by atoms with Gasteiger partial charge in [0.1, 0.15) is 0 Å². The Morgan fingerprint density at radius 2 is 1.84 bits per heavy atom. The smallest absolute Gasteiger partial charge is 0.243 e. The Balaban J connectivity index is 1.88. The van der Waals surface area contributed by atoms with Crippen LogP contribution in [-0.2, 0) is 9.59 Å². The lowest BCUT2D eigenvalue weighted by Crippen LogP contribution is -2.46. The van der Waals surface area contributed by atoms with Gasteiger partial charge < -0.3 is 21.3 Å². The van der Waals surface area contributed by atoms with Crippen LogP contribution in [0.15, 0.2) is 24.3 Å². The van der Waals surface area contributed by atoms with Crippen molar-refractivity contribution >= 4 is 23.2 Å². The molecule has 0 unspecified atom stereocenters. The molecule has 0 saturated carbocycles. The second-order valence-electron chi connectivity index (χ2n) is 6.99. The maximum Gasteiger partial charge on any atom is 0.243 e. The number of benzene rings is 1. The van der Waals surface area contributed by atoms with Gasteiger partial charge in [0.25, 0.3) is 0 Å². The molecule has 1 aliphatic heterocycles. The Labute approximate surface area is 150 Å². The highest BCUT2D eigenvalue weighted by atomic mass is 16.2. The summed E-state index contributed by atoms with van der Waals surface area (Å²) in [5, 5.41) is 5.42. The molecule has 0 bridgehead atoms. The van der Waals surface area contributed by atoms with Gasteiger partial charge in [-0.05, 0) is 37.0 Å². The summed E-state index contributed by atoms with van der Waals surface area (Å²) >= 11 is 0. The number of amides is 2. The summed E-state index contributed by atoms with van der Waals surface area (Å²) in [5.41, 5.74) is 7.64. The third kappa shape index (κ3) is 6.05. The van der Waals surface area contributed by atoms with Crippen molar-refractivity contribution in [2.45, 2.75) is 45.6 Å². The zero-order valence-electron chi connectivity index (χ0n) is 15.3. The SMILES string of the molecule is CC(C)[C@H](N)C(=O)NCC(=O)Nc1cccc(N2CCCCCC2)c1. The van der Waals surface area contributed by atoms with Gasteiger partial charge in [0.2, 0.25) is 11.8 Å². The van der Waals surface area contributed by atoms with Gasteiger partial charge in [-0.15, -0.1) is 0 Å². The first-order valence-corrected chi connectivity index (χ1v) is 9.15. The van der Waals surface area contributed by atoms with Crippen LogP contribution in [0.5, 0.6) is 0 Å². The van der Waals surface area contributed by atoms with E-state index < -0.39 is 6.04 Å². The van der Waals surface area contributed by atoms with E-state index in [9.17, 15) is 9.59 Å². The van der Waals surface area contributed by atoms with Gasteiger partial charge in [0.15, 0.2) is 0 Å². The number of hydrogen-bond donors (Lipinski definition) is 3. The second kappa shape index (κ2) is 9.42. The summed E-state index contributed by atoms with van der Waals surface area (Å²) in [6.07, 6.45) is 4.98. The first-order valence-electron chi connectivity index (χ1n) is 9.15. The fourth-order valence-corrected chi connectivity index (χ4v) is 2.90. The molecule has 2 rings (SSSR count). The Bertz CT molecular complexity index is 581. The van der Waals surface area contributed by atoms with E-state index in [1.807, 2.05) is 32.0 Å². The molecule has 1 aromatic rings. The minimum absolute atomic E-state index is 0.0355. The molecule has 0 spiro atoms. The van der Waals surface area contributed by atoms with Crippen molar-refractivity contribution in [1.82, 2.24) is 5.32 Å². The summed E-state index contributed by atoms with van der Waals surface area (Å²) in [6, 6.07) is 7.28. The molecule has 4 N–H and O–H groups in total. The van der Waals surface area contributed by atoms with Crippen LogP contribution in [0.2, 0.25) is 0 Å². The summed E-state index contributed by atoms with van der Waals surface area (Å²) in [7, 11) is 0. The molecule has 2 amide bonds. The topological polar surface area (TPSA) is 87.5 Å². The molecule has 6 heteroatoms. The van der Waals surface area contributed by atoms with Crippen LogP contribution in [0.3, 0.4) is 0 Å². The van der Waals surface area contributed by atoms with Crippen molar-refractivity contribution in [3.63, 3.8) is 0 Å². The zero-order chi connectivity index (χ0) is 18.2. The number of carbonyl (C=O) groups excluding carboxylic acids is 2. The van der Waals surface area contributed by atoms with Crippen LogP contribution in [-0.4, -0.2) is 37.5 Å². The van der Waals surface area contributed by atoms with Crippen LogP contribution < -0.4 is 21.3 Å². The number of nitrogens with one attached hydrogen (secondary N) is 2. The van der Waals surface area contributed by atoms with Crippen molar-refractivity contribution < 1.29 is 9.59 Å². The Morgan fingerprint density at radius 3 is 2.48 bits per heavy atom. The summed E-state index contributed by atoms with van der Waals surface area (Å²) in [6.45, 7) is 5.78. The molecular formula is C19H30N4O2. The molecule has 138 valence electrons. The maximum atomic E-state index is 12.1. The first kappa shape index (κ1) is 19.2. The molecule has 1 aromatic carbocycles. The lowest BCUT2D eigenvalue weighted by atomic mass is 10.1. The molecule has 0 aliphatic carbocycles. The lowest BCUT2D eigenvalue weighted by Gasteiger charge is -2.23. The monoisotopic (exact) mass is 346 g/mol. The predicted molar refractivity (Wildman–Crippen MR) is 102 cm³/mol. The maximum absolute atomic E-state index is 12.1. The highest BCUT2D eigenvalue weighted by molar-refractivity contribution is 5.95. The van der Waals surface area contributed by atoms with E-state index in [1.165, 1.54) is 25.7 Å². The summed E-state index contributed by atoms with van der Waals surface area (Å²) in [5.74, 6) is -0.519. The van der Waals surface area contributed by atoms with Crippen LogP contribution >= 0.6 is 0 Å². The zero-order valence-corrected chi connectivity index (χ0v) is 15.3. The molecule has 25 heavy (non-hydrogen) atoms. The first-order chi connectivity index (χ1) is 12.0. The average Bonchev–Trinajstić information content (AvgIpc) is 2.88. The third-order valence-corrected chi connectivity index (χ3v) is 4.55. The standard InChI is InChI=1S/C19H30N4O2/c1-14(2)18(20)19(25)21-13-17(24)22-15-8-7-9-16(12-15)23-10-5-3-4-6-11-23/h7-9,12,14,18H,3-6,10-11,13,20H2,1-2H3,(H,21,25)(H,22,24)/t18-/m0/s1. The minimum Gasteiger partial charge on any atom is -0.371 e. The molecule has 1 aliphatic rings. The summed E-state index contributed by atoms with van der Waals surface area (Å²) < 4.78 is 0. The van der Waals surface area contributed by atoms with Crippen LogP contribution in [0.4, 0.5) is 11.4 Å². The molecule has 6 nitrogen and oxygen atoms in total. The number of nitrogens with two attached hydrogens (primary N) is 1. The van der Waals surface area contributed by atoms with Crippen LogP contribution in [0, 0.1) is 5.92 Å². The van der Waals surface area contributed by atoms with E-state index in [-0.39, 0.29) is 24.3 Å². The van der Waals surface area contributed by atoms with E-state index in [1.54, 1.807) is 0 Å². The van der Waals surface area contributed by atoms with Crippen molar-refractivity contribution in [2.75, 3.05) is 29.9 Å². The fourth-order valence-electron chi connectivity index (χ4n) is 2.90. The normalized spacial score (nSPS) is 16.2. The number of carbonyl (C=O) groups is 2. The van der Waals surface area contributed by atoms with E-state index >= 15 is 0 Å². The van der Waals surface area contributed by atoms with E-state index in [0.717, 1.165) is 24.5 Å². The van der Waals surface area contributed by atoms with E-state index in [0.29, 0.717) is 0 Å². The van der Waals surface area contributed by atoms with Crippen molar-refractivity contribution in [1.29, 1.82) is 0 Å². The summed E-state index contributed by atoms with van der Waals surface area (Å²) in [4.78, 5) is 26.3. The van der Waals surface area contributed by atoms with Crippen molar-refractivity contribution in [2.24, 2.45) is 11.7 Å². The lowest BCUT2D eigenvalue weighted by molar-refractivity contribution is -0.125. The molecule has 0 aromatic heterocycles. The number of hydrogen-bond acceptors (Lipinski definition) is 4. The Hall–Kier alpha value is -2.08. The van der Waals surface area contributed by atoms with E-state index in [2.05, 4.69) is 21.6 Å². The molecular weight excluding hydrogens is 316 g/mol. The van der Waals surface area contributed by atoms with Gasteiger partial charge in [-0.3, -0.25) is 9.59 Å².